The molecule has 0 atom stereocenters. The SMILES string of the molecule is O=C(Cc1cc(Br)cc(Br)c1O)c1ccc[nH]1. The van der Waals surface area contributed by atoms with Gasteiger partial charge >= 0.3 is 0 Å². The third-order valence-corrected chi connectivity index (χ3v) is 3.42. The number of hydrogen-bond donors (Lipinski definition) is 2. The lowest BCUT2D eigenvalue weighted by Crippen LogP contribution is -2.04. The van der Waals surface area contributed by atoms with Crippen LogP contribution in [0.4, 0.5) is 0 Å². The van der Waals surface area contributed by atoms with Crippen molar-refractivity contribution in [2.75, 3.05) is 0 Å². The van der Waals surface area contributed by atoms with Crippen LogP contribution < -0.4 is 0 Å². The van der Waals surface area contributed by atoms with Gasteiger partial charge in [0.1, 0.15) is 5.75 Å². The molecule has 0 saturated carbocycles. The molecule has 2 rings (SSSR count). The molecule has 1 aromatic heterocycles. The zero-order valence-corrected chi connectivity index (χ0v) is 11.9. The van der Waals surface area contributed by atoms with Crippen LogP contribution in [-0.4, -0.2) is 15.9 Å². The topological polar surface area (TPSA) is 53.1 Å². The quantitative estimate of drug-likeness (QED) is 0.822. The van der Waals surface area contributed by atoms with Crippen LogP contribution in [0, 0.1) is 0 Å². The molecule has 2 N–H and O–H groups in total. The first-order chi connectivity index (χ1) is 8.08. The number of phenols is 1. The summed E-state index contributed by atoms with van der Waals surface area (Å²) in [6.45, 7) is 0. The second-order valence-electron chi connectivity index (χ2n) is 3.58. The number of aromatic amines is 1. The van der Waals surface area contributed by atoms with Crippen molar-refractivity contribution < 1.29 is 9.90 Å². The molecule has 0 aliphatic heterocycles. The van der Waals surface area contributed by atoms with Crippen molar-refractivity contribution in [1.82, 2.24) is 4.98 Å². The van der Waals surface area contributed by atoms with Gasteiger partial charge in [-0.2, -0.15) is 0 Å². The molecule has 0 saturated heterocycles. The van der Waals surface area contributed by atoms with Crippen LogP contribution in [0.5, 0.6) is 5.75 Å². The van der Waals surface area contributed by atoms with Crippen LogP contribution in [0.25, 0.3) is 0 Å². The summed E-state index contributed by atoms with van der Waals surface area (Å²) >= 11 is 6.56. The number of aromatic nitrogens is 1. The maximum absolute atomic E-state index is 11.9. The highest BCUT2D eigenvalue weighted by atomic mass is 79.9. The molecule has 3 nitrogen and oxygen atoms in total. The lowest BCUT2D eigenvalue weighted by molar-refractivity contribution is 0.0988. The molecular formula is C12H9Br2NO2. The Morgan fingerprint density at radius 3 is 2.76 bits per heavy atom. The van der Waals surface area contributed by atoms with Crippen molar-refractivity contribution in [3.8, 4) is 5.75 Å². The molecule has 0 amide bonds. The van der Waals surface area contributed by atoms with Gasteiger partial charge in [0.2, 0.25) is 0 Å². The average molecular weight is 359 g/mol. The smallest absolute Gasteiger partial charge is 0.183 e. The highest BCUT2D eigenvalue weighted by Crippen LogP contribution is 2.32. The number of aromatic hydroxyl groups is 1. The second kappa shape index (κ2) is 5.06. The Bertz CT molecular complexity index is 550. The molecule has 2 aromatic rings. The van der Waals surface area contributed by atoms with Crippen molar-refractivity contribution in [3.05, 3.63) is 50.7 Å². The Hall–Kier alpha value is -1.07. The Kier molecular flexibility index (Phi) is 3.69. The van der Waals surface area contributed by atoms with E-state index < -0.39 is 0 Å². The molecule has 0 unspecified atom stereocenters. The molecule has 1 heterocycles. The lowest BCUT2D eigenvalue weighted by atomic mass is 10.1. The number of hydrogen-bond acceptors (Lipinski definition) is 2. The highest BCUT2D eigenvalue weighted by Gasteiger charge is 2.13. The summed E-state index contributed by atoms with van der Waals surface area (Å²) in [6.07, 6.45) is 1.86. The average Bonchev–Trinajstić information content (AvgIpc) is 2.78. The third-order valence-electron chi connectivity index (χ3n) is 2.36. The number of phenolic OH excluding ortho intramolecular Hbond substituents is 1. The van der Waals surface area contributed by atoms with Crippen molar-refractivity contribution in [2.45, 2.75) is 6.42 Å². The second-order valence-corrected chi connectivity index (χ2v) is 5.35. The summed E-state index contributed by atoms with van der Waals surface area (Å²) in [7, 11) is 0. The fraction of sp³-hybridized carbons (Fsp3) is 0.0833. The minimum atomic E-state index is -0.0599. The Labute approximate surface area is 115 Å². The molecule has 5 heteroatoms. The number of benzene rings is 1. The van der Waals surface area contributed by atoms with E-state index in [-0.39, 0.29) is 18.0 Å². The van der Waals surface area contributed by atoms with E-state index in [1.165, 1.54) is 0 Å². The van der Waals surface area contributed by atoms with Crippen LogP contribution in [-0.2, 0) is 6.42 Å². The van der Waals surface area contributed by atoms with Gasteiger partial charge in [0.15, 0.2) is 5.78 Å². The van der Waals surface area contributed by atoms with Gasteiger partial charge < -0.3 is 10.1 Å². The van der Waals surface area contributed by atoms with Crippen LogP contribution in [0.2, 0.25) is 0 Å². The summed E-state index contributed by atoms with van der Waals surface area (Å²) in [4.78, 5) is 14.7. The zero-order chi connectivity index (χ0) is 12.4. The zero-order valence-electron chi connectivity index (χ0n) is 8.71. The van der Waals surface area contributed by atoms with Crippen LogP contribution in [0.15, 0.2) is 39.4 Å². The summed E-state index contributed by atoms with van der Waals surface area (Å²) in [5.74, 6) is 0.0448. The van der Waals surface area contributed by atoms with Gasteiger partial charge in [-0.25, -0.2) is 0 Å². The normalized spacial score (nSPS) is 10.5. The predicted octanol–water partition coefficient (Wildman–Crippen LogP) is 3.67. The first-order valence-electron chi connectivity index (χ1n) is 4.91. The molecule has 0 bridgehead atoms. The Balaban J connectivity index is 2.28. The largest absolute Gasteiger partial charge is 0.506 e. The standard InChI is InChI=1S/C12H9Br2NO2/c13-8-4-7(12(17)9(14)6-8)5-11(16)10-2-1-3-15-10/h1-4,6,15,17H,5H2. The first kappa shape index (κ1) is 12.4. The molecule has 0 aliphatic carbocycles. The van der Waals surface area contributed by atoms with Gasteiger partial charge in [0, 0.05) is 22.7 Å². The number of ketones is 1. The Morgan fingerprint density at radius 2 is 2.12 bits per heavy atom. The fourth-order valence-electron chi connectivity index (χ4n) is 1.53. The van der Waals surface area contributed by atoms with Gasteiger partial charge in [0.05, 0.1) is 10.2 Å². The van der Waals surface area contributed by atoms with Crippen molar-refractivity contribution in [3.63, 3.8) is 0 Å². The summed E-state index contributed by atoms with van der Waals surface area (Å²) in [5, 5.41) is 9.84. The number of carbonyl (C=O) groups is 1. The number of Topliss-reactive ketones (excluding diaryl/α,β-unsaturated/α-hetero) is 1. The summed E-state index contributed by atoms with van der Waals surface area (Å²) < 4.78 is 1.39. The molecule has 1 aromatic carbocycles. The molecular weight excluding hydrogens is 350 g/mol. The molecule has 0 spiro atoms. The van der Waals surface area contributed by atoms with Gasteiger partial charge in [-0.3, -0.25) is 4.79 Å². The predicted molar refractivity (Wildman–Crippen MR) is 72.3 cm³/mol. The van der Waals surface area contributed by atoms with Gasteiger partial charge in [-0.05, 0) is 40.2 Å². The lowest BCUT2D eigenvalue weighted by Gasteiger charge is -2.06. The molecule has 0 fully saturated rings. The van der Waals surface area contributed by atoms with E-state index in [0.29, 0.717) is 15.7 Å². The molecule has 88 valence electrons. The van der Waals surface area contributed by atoms with Gasteiger partial charge in [-0.15, -0.1) is 0 Å². The highest BCUT2D eigenvalue weighted by molar-refractivity contribution is 9.11. The van der Waals surface area contributed by atoms with Gasteiger partial charge in [0.25, 0.3) is 0 Å². The van der Waals surface area contributed by atoms with E-state index in [2.05, 4.69) is 36.8 Å². The number of carbonyl (C=O) groups excluding carboxylic acids is 1. The van der Waals surface area contributed by atoms with E-state index >= 15 is 0 Å². The first-order valence-corrected chi connectivity index (χ1v) is 6.50. The maximum atomic E-state index is 11.9. The Morgan fingerprint density at radius 1 is 1.35 bits per heavy atom. The van der Waals surface area contributed by atoms with Crippen molar-refractivity contribution >= 4 is 37.6 Å². The van der Waals surface area contributed by atoms with Gasteiger partial charge in [-0.1, -0.05) is 15.9 Å². The van der Waals surface area contributed by atoms with Crippen LogP contribution >= 0.6 is 31.9 Å². The maximum Gasteiger partial charge on any atom is 0.183 e. The number of H-pyrrole nitrogens is 1. The summed E-state index contributed by atoms with van der Waals surface area (Å²) in [5.41, 5.74) is 1.13. The van der Waals surface area contributed by atoms with Crippen molar-refractivity contribution in [1.29, 1.82) is 0 Å². The number of nitrogens with one attached hydrogen (secondary N) is 1. The van der Waals surface area contributed by atoms with E-state index in [0.717, 1.165) is 4.47 Å². The van der Waals surface area contributed by atoms with E-state index in [4.69, 9.17) is 0 Å². The molecule has 0 radical (unpaired) electrons. The molecule has 0 aliphatic rings. The van der Waals surface area contributed by atoms with E-state index in [1.807, 2.05) is 0 Å². The number of rotatable bonds is 3. The fourth-order valence-corrected chi connectivity index (χ4v) is 2.84. The molecule has 17 heavy (non-hydrogen) atoms. The van der Waals surface area contributed by atoms with Crippen LogP contribution in [0.1, 0.15) is 16.1 Å². The van der Waals surface area contributed by atoms with Crippen molar-refractivity contribution in [2.24, 2.45) is 0 Å². The van der Waals surface area contributed by atoms with E-state index in [9.17, 15) is 9.90 Å². The van der Waals surface area contributed by atoms with E-state index in [1.54, 1.807) is 30.5 Å². The summed E-state index contributed by atoms with van der Waals surface area (Å²) in [6, 6.07) is 6.95. The minimum Gasteiger partial charge on any atom is -0.506 e. The third kappa shape index (κ3) is 2.79. The number of halogens is 2. The monoisotopic (exact) mass is 357 g/mol. The van der Waals surface area contributed by atoms with Crippen LogP contribution in [0.3, 0.4) is 0 Å². The minimum absolute atomic E-state index is 0.0599.